The number of urea groups is 1. The minimum Gasteiger partial charge on any atom is -0.379 e. The molecule has 2 aromatic rings. The first-order valence-electron chi connectivity index (χ1n) is 7.96. The number of anilines is 1. The van der Waals surface area contributed by atoms with Crippen molar-refractivity contribution in [3.63, 3.8) is 0 Å². The van der Waals surface area contributed by atoms with Crippen molar-refractivity contribution in [2.45, 2.75) is 25.7 Å². The quantitative estimate of drug-likeness (QED) is 0.851. The summed E-state index contributed by atoms with van der Waals surface area (Å²) in [6, 6.07) is 9.56. The summed E-state index contributed by atoms with van der Waals surface area (Å²) >= 11 is 0. The first kappa shape index (κ1) is 17.3. The molecular weight excluding hydrogens is 340 g/mol. The van der Waals surface area contributed by atoms with Crippen LogP contribution in [0.15, 0.2) is 41.3 Å². The molecule has 1 aliphatic heterocycles. The highest BCUT2D eigenvalue weighted by atomic mass is 32.2. The molecule has 0 bridgehead atoms. The standard InChI is InChI=1S/C18H20N2O4S/c1-12-10-14(3)17(11-13(12)2)24-25(22,23)16-6-4-15(5-7-16)20-9-8-19-18(20)21/h4-7,10-11H,8-9H2,1-3H3,(H,19,21). The molecule has 0 aliphatic carbocycles. The largest absolute Gasteiger partial charge is 0.379 e. The lowest BCUT2D eigenvalue weighted by atomic mass is 10.1. The van der Waals surface area contributed by atoms with Crippen molar-refractivity contribution in [1.82, 2.24) is 5.32 Å². The second kappa shape index (κ2) is 6.40. The molecule has 3 rings (SSSR count). The molecule has 25 heavy (non-hydrogen) atoms. The maximum absolute atomic E-state index is 12.5. The van der Waals surface area contributed by atoms with Gasteiger partial charge in [0.25, 0.3) is 0 Å². The lowest BCUT2D eigenvalue weighted by Crippen LogP contribution is -2.27. The van der Waals surface area contributed by atoms with Gasteiger partial charge < -0.3 is 9.50 Å². The molecular formula is C18H20N2O4S. The third kappa shape index (κ3) is 3.46. The van der Waals surface area contributed by atoms with Gasteiger partial charge in [0.05, 0.1) is 0 Å². The summed E-state index contributed by atoms with van der Waals surface area (Å²) in [7, 11) is -3.94. The number of nitrogens with zero attached hydrogens (tertiary/aromatic N) is 1. The molecule has 1 fully saturated rings. The molecule has 7 heteroatoms. The Morgan fingerprint density at radius 2 is 1.64 bits per heavy atom. The van der Waals surface area contributed by atoms with E-state index in [0.29, 0.717) is 24.5 Å². The van der Waals surface area contributed by atoms with E-state index < -0.39 is 10.1 Å². The van der Waals surface area contributed by atoms with Gasteiger partial charge in [0.1, 0.15) is 10.6 Å². The Kier molecular flexibility index (Phi) is 4.43. The van der Waals surface area contributed by atoms with Crippen LogP contribution >= 0.6 is 0 Å². The van der Waals surface area contributed by atoms with Crippen molar-refractivity contribution in [2.24, 2.45) is 0 Å². The fourth-order valence-corrected chi connectivity index (χ4v) is 3.68. The molecule has 1 heterocycles. The van der Waals surface area contributed by atoms with E-state index in [9.17, 15) is 13.2 Å². The molecule has 0 unspecified atom stereocenters. The number of hydrogen-bond donors (Lipinski definition) is 1. The number of aryl methyl sites for hydroxylation is 3. The van der Waals surface area contributed by atoms with Crippen LogP contribution in [0.2, 0.25) is 0 Å². The lowest BCUT2D eigenvalue weighted by Gasteiger charge is -2.15. The Hall–Kier alpha value is -2.54. The van der Waals surface area contributed by atoms with Gasteiger partial charge in [0, 0.05) is 18.8 Å². The molecule has 1 N–H and O–H groups in total. The second-order valence-electron chi connectivity index (χ2n) is 6.12. The lowest BCUT2D eigenvalue weighted by molar-refractivity contribution is 0.252. The maximum atomic E-state index is 12.5. The van der Waals surface area contributed by atoms with Crippen molar-refractivity contribution in [3.05, 3.63) is 53.1 Å². The Morgan fingerprint density at radius 1 is 1.00 bits per heavy atom. The van der Waals surface area contributed by atoms with E-state index in [1.54, 1.807) is 23.1 Å². The van der Waals surface area contributed by atoms with Crippen molar-refractivity contribution in [3.8, 4) is 5.75 Å². The van der Waals surface area contributed by atoms with Crippen LogP contribution in [0.4, 0.5) is 10.5 Å². The van der Waals surface area contributed by atoms with Crippen molar-refractivity contribution >= 4 is 21.8 Å². The van der Waals surface area contributed by atoms with E-state index >= 15 is 0 Å². The van der Waals surface area contributed by atoms with E-state index in [1.807, 2.05) is 26.8 Å². The predicted octanol–water partition coefficient (Wildman–Crippen LogP) is 2.91. The van der Waals surface area contributed by atoms with E-state index in [4.69, 9.17) is 4.18 Å². The molecule has 2 aromatic carbocycles. The van der Waals surface area contributed by atoms with Crippen LogP contribution in [-0.4, -0.2) is 27.5 Å². The molecule has 0 aromatic heterocycles. The minimum absolute atomic E-state index is 0.0495. The molecule has 0 atom stereocenters. The SMILES string of the molecule is Cc1cc(C)c(OS(=O)(=O)c2ccc(N3CCNC3=O)cc2)cc1C. The molecule has 2 amide bonds. The van der Waals surface area contributed by atoms with E-state index in [0.717, 1.165) is 16.7 Å². The summed E-state index contributed by atoms with van der Waals surface area (Å²) in [6.07, 6.45) is 0. The van der Waals surface area contributed by atoms with Gasteiger partial charge >= 0.3 is 16.1 Å². The highest BCUT2D eigenvalue weighted by molar-refractivity contribution is 7.87. The minimum atomic E-state index is -3.94. The number of rotatable bonds is 4. The average Bonchev–Trinajstić information content (AvgIpc) is 2.98. The Labute approximate surface area is 147 Å². The zero-order valence-electron chi connectivity index (χ0n) is 14.4. The number of nitrogens with one attached hydrogen (secondary N) is 1. The Morgan fingerprint density at radius 3 is 2.24 bits per heavy atom. The van der Waals surface area contributed by atoms with Gasteiger partial charge in [-0.2, -0.15) is 8.42 Å². The zero-order valence-corrected chi connectivity index (χ0v) is 15.2. The summed E-state index contributed by atoms with van der Waals surface area (Å²) < 4.78 is 30.4. The van der Waals surface area contributed by atoms with Gasteiger partial charge in [-0.1, -0.05) is 6.07 Å². The van der Waals surface area contributed by atoms with Crippen LogP contribution in [0, 0.1) is 20.8 Å². The maximum Gasteiger partial charge on any atom is 0.339 e. The number of benzene rings is 2. The topological polar surface area (TPSA) is 75.7 Å². The Bertz CT molecular complexity index is 921. The van der Waals surface area contributed by atoms with E-state index in [-0.39, 0.29) is 10.9 Å². The summed E-state index contributed by atoms with van der Waals surface area (Å²) in [6.45, 7) is 6.82. The smallest absolute Gasteiger partial charge is 0.339 e. The van der Waals surface area contributed by atoms with Crippen LogP contribution in [0.3, 0.4) is 0 Å². The molecule has 0 radical (unpaired) electrons. The monoisotopic (exact) mass is 360 g/mol. The number of carbonyl (C=O) groups is 1. The van der Waals surface area contributed by atoms with Crippen LogP contribution in [0.5, 0.6) is 5.75 Å². The van der Waals surface area contributed by atoms with Crippen molar-refractivity contribution < 1.29 is 17.4 Å². The first-order valence-corrected chi connectivity index (χ1v) is 9.36. The predicted molar refractivity (Wildman–Crippen MR) is 95.7 cm³/mol. The van der Waals surface area contributed by atoms with E-state index in [2.05, 4.69) is 5.32 Å². The molecule has 6 nitrogen and oxygen atoms in total. The summed E-state index contributed by atoms with van der Waals surface area (Å²) in [4.78, 5) is 13.3. The van der Waals surface area contributed by atoms with Gasteiger partial charge in [-0.25, -0.2) is 4.79 Å². The molecule has 1 aliphatic rings. The molecule has 0 saturated carbocycles. The fourth-order valence-electron chi connectivity index (χ4n) is 2.70. The van der Waals surface area contributed by atoms with Crippen LogP contribution < -0.4 is 14.4 Å². The second-order valence-corrected chi connectivity index (χ2v) is 7.66. The average molecular weight is 360 g/mol. The first-order chi connectivity index (χ1) is 11.8. The highest BCUT2D eigenvalue weighted by Crippen LogP contribution is 2.27. The van der Waals surface area contributed by atoms with Gasteiger partial charge in [-0.05, 0) is 67.8 Å². The van der Waals surface area contributed by atoms with E-state index in [1.165, 1.54) is 12.1 Å². The van der Waals surface area contributed by atoms with Gasteiger partial charge in [-0.15, -0.1) is 0 Å². The third-order valence-corrected chi connectivity index (χ3v) is 5.53. The van der Waals surface area contributed by atoms with Gasteiger partial charge in [0.2, 0.25) is 0 Å². The number of carbonyl (C=O) groups excluding carboxylic acids is 1. The third-order valence-electron chi connectivity index (χ3n) is 4.28. The summed E-state index contributed by atoms with van der Waals surface area (Å²) in [5, 5.41) is 2.71. The van der Waals surface area contributed by atoms with Crippen LogP contribution in [0.1, 0.15) is 16.7 Å². The van der Waals surface area contributed by atoms with Crippen molar-refractivity contribution in [1.29, 1.82) is 0 Å². The van der Waals surface area contributed by atoms with Crippen molar-refractivity contribution in [2.75, 3.05) is 18.0 Å². The summed E-state index contributed by atoms with van der Waals surface area (Å²) in [5.41, 5.74) is 3.45. The molecule has 132 valence electrons. The molecule has 1 saturated heterocycles. The molecule has 0 spiro atoms. The highest BCUT2D eigenvalue weighted by Gasteiger charge is 2.23. The Balaban J connectivity index is 1.85. The fraction of sp³-hybridized carbons (Fsp3) is 0.278. The number of amides is 2. The van der Waals surface area contributed by atoms with Gasteiger partial charge in [-0.3, -0.25) is 4.90 Å². The van der Waals surface area contributed by atoms with Crippen LogP contribution in [0.25, 0.3) is 0 Å². The van der Waals surface area contributed by atoms with Crippen LogP contribution in [-0.2, 0) is 10.1 Å². The summed E-state index contributed by atoms with van der Waals surface area (Å²) in [5.74, 6) is 0.325. The normalized spacial score (nSPS) is 14.5. The number of hydrogen-bond acceptors (Lipinski definition) is 4. The van der Waals surface area contributed by atoms with Gasteiger partial charge in [0.15, 0.2) is 0 Å². The zero-order chi connectivity index (χ0) is 18.2.